The van der Waals surface area contributed by atoms with Crippen LogP contribution in [0.1, 0.15) is 12.5 Å². The number of allylic oxidation sites excluding steroid dienone is 1. The third-order valence-corrected chi connectivity index (χ3v) is 1.79. The number of hydrogen-bond donors (Lipinski definition) is 1. The molecule has 0 atom stereocenters. The molecule has 1 aromatic carbocycles. The first-order chi connectivity index (χ1) is 6.56. The molecule has 0 aliphatic carbocycles. The van der Waals surface area contributed by atoms with Crippen molar-refractivity contribution in [3.8, 4) is 6.07 Å². The van der Waals surface area contributed by atoms with Gasteiger partial charge in [0.15, 0.2) is 0 Å². The van der Waals surface area contributed by atoms with Gasteiger partial charge in [-0.05, 0) is 19.1 Å². The monoisotopic (exact) mass is 194 g/mol. The second-order valence-corrected chi connectivity index (χ2v) is 2.77. The van der Waals surface area contributed by atoms with Crippen LogP contribution < -0.4 is 5.73 Å². The fraction of sp³-hybridized carbons (Fsp3) is 0.100. The van der Waals surface area contributed by atoms with Gasteiger partial charge in [0.05, 0.1) is 17.3 Å². The maximum atomic E-state index is 13.1. The van der Waals surface area contributed by atoms with Crippen LogP contribution in [0.2, 0.25) is 0 Å². The molecule has 2 N–H and O–H groups in total. The molecule has 0 spiro atoms. The van der Waals surface area contributed by atoms with Crippen molar-refractivity contribution in [2.75, 3.05) is 0 Å². The van der Waals surface area contributed by atoms with Gasteiger partial charge in [-0.3, -0.25) is 0 Å². The summed E-state index contributed by atoms with van der Waals surface area (Å²) in [5.41, 5.74) is 5.78. The summed E-state index contributed by atoms with van der Waals surface area (Å²) in [6.07, 6.45) is 0. The standard InChI is InChI=1S/C10H8F2N2/c1-6(5-13)10(14)8-3-2-7(11)4-9(8)12/h2-4H,14H2,1H3/b10-6-. The molecule has 14 heavy (non-hydrogen) atoms. The predicted molar refractivity (Wildman–Crippen MR) is 48.8 cm³/mol. The van der Waals surface area contributed by atoms with Crippen molar-refractivity contribution in [2.45, 2.75) is 6.92 Å². The van der Waals surface area contributed by atoms with Gasteiger partial charge in [0.1, 0.15) is 11.6 Å². The lowest BCUT2D eigenvalue weighted by Gasteiger charge is -2.03. The fourth-order valence-corrected chi connectivity index (χ4v) is 0.970. The summed E-state index contributed by atoms with van der Waals surface area (Å²) in [7, 11) is 0. The minimum absolute atomic E-state index is 0.0324. The molecule has 0 aliphatic heterocycles. The molecule has 72 valence electrons. The Morgan fingerprint density at radius 3 is 2.57 bits per heavy atom. The molecule has 0 amide bonds. The topological polar surface area (TPSA) is 49.8 Å². The molecule has 1 aromatic rings. The predicted octanol–water partition coefficient (Wildman–Crippen LogP) is 2.18. The van der Waals surface area contributed by atoms with Gasteiger partial charge in [0, 0.05) is 11.6 Å². The van der Waals surface area contributed by atoms with Gasteiger partial charge in [-0.2, -0.15) is 5.26 Å². The molecule has 4 heteroatoms. The van der Waals surface area contributed by atoms with E-state index in [1.165, 1.54) is 13.0 Å². The Hall–Kier alpha value is -1.89. The molecular formula is C10H8F2N2. The molecule has 0 aromatic heterocycles. The van der Waals surface area contributed by atoms with Crippen LogP contribution in [0, 0.1) is 23.0 Å². The summed E-state index contributed by atoms with van der Waals surface area (Å²) in [5.74, 6) is -1.44. The first-order valence-electron chi connectivity index (χ1n) is 3.88. The van der Waals surface area contributed by atoms with E-state index in [2.05, 4.69) is 0 Å². The van der Waals surface area contributed by atoms with Crippen molar-refractivity contribution in [3.63, 3.8) is 0 Å². The summed E-state index contributed by atoms with van der Waals surface area (Å²) in [6.45, 7) is 1.47. The smallest absolute Gasteiger partial charge is 0.135 e. The lowest BCUT2D eigenvalue weighted by molar-refractivity contribution is 0.580. The number of nitriles is 1. The third kappa shape index (κ3) is 1.88. The Morgan fingerprint density at radius 1 is 1.43 bits per heavy atom. The number of rotatable bonds is 1. The van der Waals surface area contributed by atoms with Crippen molar-refractivity contribution >= 4 is 5.70 Å². The van der Waals surface area contributed by atoms with E-state index in [1.54, 1.807) is 6.07 Å². The van der Waals surface area contributed by atoms with E-state index >= 15 is 0 Å². The van der Waals surface area contributed by atoms with Crippen molar-refractivity contribution in [1.29, 1.82) is 5.26 Å². The zero-order valence-electron chi connectivity index (χ0n) is 7.51. The van der Waals surface area contributed by atoms with E-state index < -0.39 is 11.6 Å². The van der Waals surface area contributed by atoms with Gasteiger partial charge in [-0.1, -0.05) is 0 Å². The zero-order chi connectivity index (χ0) is 10.7. The van der Waals surface area contributed by atoms with Crippen LogP contribution in [0.4, 0.5) is 8.78 Å². The van der Waals surface area contributed by atoms with Crippen molar-refractivity contribution in [1.82, 2.24) is 0 Å². The summed E-state index contributed by atoms with van der Waals surface area (Å²) < 4.78 is 25.7. The van der Waals surface area contributed by atoms with E-state index in [0.29, 0.717) is 0 Å². The maximum absolute atomic E-state index is 13.1. The highest BCUT2D eigenvalue weighted by atomic mass is 19.1. The van der Waals surface area contributed by atoms with Crippen LogP contribution >= 0.6 is 0 Å². The Labute approximate surface area is 80.3 Å². The van der Waals surface area contributed by atoms with Crippen LogP contribution in [0.25, 0.3) is 5.70 Å². The van der Waals surface area contributed by atoms with E-state index in [-0.39, 0.29) is 16.8 Å². The van der Waals surface area contributed by atoms with Gasteiger partial charge >= 0.3 is 0 Å². The number of hydrogen-bond acceptors (Lipinski definition) is 2. The Morgan fingerprint density at radius 2 is 2.07 bits per heavy atom. The van der Waals surface area contributed by atoms with E-state index in [1.807, 2.05) is 0 Å². The lowest BCUT2D eigenvalue weighted by Crippen LogP contribution is -2.02. The van der Waals surface area contributed by atoms with E-state index in [4.69, 9.17) is 11.0 Å². The lowest BCUT2D eigenvalue weighted by atomic mass is 10.1. The van der Waals surface area contributed by atoms with Gasteiger partial charge in [-0.15, -0.1) is 0 Å². The summed E-state index contributed by atoms with van der Waals surface area (Å²) in [4.78, 5) is 0. The molecule has 0 bridgehead atoms. The first kappa shape index (κ1) is 10.2. The molecule has 1 rings (SSSR count). The largest absolute Gasteiger partial charge is 0.397 e. The minimum atomic E-state index is -0.767. The highest BCUT2D eigenvalue weighted by Crippen LogP contribution is 2.17. The van der Waals surface area contributed by atoms with Gasteiger partial charge in [0.2, 0.25) is 0 Å². The Kier molecular flexibility index (Phi) is 2.82. The highest BCUT2D eigenvalue weighted by molar-refractivity contribution is 5.68. The maximum Gasteiger partial charge on any atom is 0.135 e. The van der Waals surface area contributed by atoms with Gasteiger partial charge < -0.3 is 5.73 Å². The van der Waals surface area contributed by atoms with Gasteiger partial charge in [0.25, 0.3) is 0 Å². The number of nitrogens with two attached hydrogens (primary N) is 1. The SMILES string of the molecule is C/C(C#N)=C(/N)c1ccc(F)cc1F. The normalized spacial score (nSPS) is 11.9. The molecule has 0 radical (unpaired) electrons. The average molecular weight is 194 g/mol. The second kappa shape index (κ2) is 3.88. The average Bonchev–Trinajstić information content (AvgIpc) is 2.15. The number of nitrogens with zero attached hydrogens (tertiary/aromatic N) is 1. The molecule has 2 nitrogen and oxygen atoms in total. The van der Waals surface area contributed by atoms with Crippen molar-refractivity contribution < 1.29 is 8.78 Å². The van der Waals surface area contributed by atoms with Crippen LogP contribution in [0.15, 0.2) is 23.8 Å². The first-order valence-corrected chi connectivity index (χ1v) is 3.88. The van der Waals surface area contributed by atoms with Crippen LogP contribution in [0.3, 0.4) is 0 Å². The number of benzene rings is 1. The van der Waals surface area contributed by atoms with E-state index in [0.717, 1.165) is 12.1 Å². The molecule has 0 unspecified atom stereocenters. The zero-order valence-corrected chi connectivity index (χ0v) is 7.51. The molecule has 0 saturated heterocycles. The second-order valence-electron chi connectivity index (χ2n) is 2.77. The van der Waals surface area contributed by atoms with Crippen LogP contribution in [0.5, 0.6) is 0 Å². The van der Waals surface area contributed by atoms with Gasteiger partial charge in [-0.25, -0.2) is 8.78 Å². The third-order valence-electron chi connectivity index (χ3n) is 1.79. The molecule has 0 heterocycles. The Bertz CT molecular complexity index is 430. The van der Waals surface area contributed by atoms with Crippen LogP contribution in [-0.2, 0) is 0 Å². The summed E-state index contributed by atoms with van der Waals surface area (Å²) in [6, 6.07) is 4.83. The molecule has 0 saturated carbocycles. The quantitative estimate of drug-likeness (QED) is 0.696. The Balaban J connectivity index is 3.29. The fourth-order valence-electron chi connectivity index (χ4n) is 0.970. The van der Waals surface area contributed by atoms with E-state index in [9.17, 15) is 8.78 Å². The van der Waals surface area contributed by atoms with Crippen molar-refractivity contribution in [2.24, 2.45) is 5.73 Å². The highest BCUT2D eigenvalue weighted by Gasteiger charge is 2.08. The molecular weight excluding hydrogens is 186 g/mol. The summed E-state index contributed by atoms with van der Waals surface area (Å²) in [5, 5.41) is 8.53. The number of halogens is 2. The minimum Gasteiger partial charge on any atom is -0.397 e. The van der Waals surface area contributed by atoms with Crippen molar-refractivity contribution in [3.05, 3.63) is 41.0 Å². The molecule has 0 fully saturated rings. The molecule has 0 aliphatic rings. The summed E-state index contributed by atoms with van der Waals surface area (Å²) >= 11 is 0. The van der Waals surface area contributed by atoms with Crippen LogP contribution in [-0.4, -0.2) is 0 Å².